The van der Waals surface area contributed by atoms with Gasteiger partial charge >= 0.3 is 6.18 Å². The predicted molar refractivity (Wildman–Crippen MR) is 45.1 cm³/mol. The van der Waals surface area contributed by atoms with Crippen molar-refractivity contribution >= 4 is 23.1 Å². The van der Waals surface area contributed by atoms with Crippen LogP contribution in [0, 0.1) is 0 Å². The average molecular weight is 214 g/mol. The van der Waals surface area contributed by atoms with Crippen molar-refractivity contribution in [1.29, 1.82) is 0 Å². The van der Waals surface area contributed by atoms with E-state index < -0.39 is 18.6 Å². The molecular weight excluding hydrogens is 205 g/mol. The first kappa shape index (κ1) is 12.2. The van der Waals surface area contributed by atoms with Gasteiger partial charge in [0.15, 0.2) is 0 Å². The lowest BCUT2D eigenvalue weighted by molar-refractivity contribution is -0.157. The lowest BCUT2D eigenvalue weighted by Crippen LogP contribution is -2.37. The highest BCUT2D eigenvalue weighted by molar-refractivity contribution is 7.80. The van der Waals surface area contributed by atoms with Crippen LogP contribution in [-0.2, 0) is 4.79 Å². The third kappa shape index (κ3) is 6.32. The minimum absolute atomic E-state index is 0.112. The number of hydrogen-bond acceptors (Lipinski definition) is 2. The SMILES string of the molecule is CN(CC(F)(F)F)C(=O)CC(N)=S. The molecule has 0 bridgehead atoms. The van der Waals surface area contributed by atoms with E-state index in [4.69, 9.17) is 5.73 Å². The second-order valence-corrected chi connectivity index (χ2v) is 3.03. The van der Waals surface area contributed by atoms with Crippen LogP contribution in [0.25, 0.3) is 0 Å². The summed E-state index contributed by atoms with van der Waals surface area (Å²) >= 11 is 4.38. The summed E-state index contributed by atoms with van der Waals surface area (Å²) in [5.41, 5.74) is 5.00. The van der Waals surface area contributed by atoms with Crippen molar-refractivity contribution in [3.05, 3.63) is 0 Å². The quantitative estimate of drug-likeness (QED) is 0.703. The molecule has 1 amide bonds. The highest BCUT2D eigenvalue weighted by Crippen LogP contribution is 2.15. The van der Waals surface area contributed by atoms with E-state index in [1.165, 1.54) is 0 Å². The van der Waals surface area contributed by atoms with Gasteiger partial charge in [0.1, 0.15) is 6.54 Å². The Bertz CT molecular complexity index is 216. The van der Waals surface area contributed by atoms with Gasteiger partial charge in [0.2, 0.25) is 5.91 Å². The third-order valence-corrected chi connectivity index (χ3v) is 1.31. The van der Waals surface area contributed by atoms with Gasteiger partial charge in [0.05, 0.1) is 11.4 Å². The largest absolute Gasteiger partial charge is 0.406 e. The zero-order chi connectivity index (χ0) is 10.6. The summed E-state index contributed by atoms with van der Waals surface area (Å²) < 4.78 is 35.2. The van der Waals surface area contributed by atoms with Crippen LogP contribution in [0.3, 0.4) is 0 Å². The smallest absolute Gasteiger partial charge is 0.393 e. The number of rotatable bonds is 3. The molecule has 0 saturated carbocycles. The van der Waals surface area contributed by atoms with Crippen LogP contribution >= 0.6 is 12.2 Å². The van der Waals surface area contributed by atoms with E-state index >= 15 is 0 Å². The molecule has 7 heteroatoms. The Balaban J connectivity index is 4.04. The zero-order valence-corrected chi connectivity index (χ0v) is 7.71. The molecule has 0 aliphatic heterocycles. The summed E-state index contributed by atoms with van der Waals surface area (Å²) in [6.45, 7) is -1.28. The summed E-state index contributed by atoms with van der Waals surface area (Å²) in [6.07, 6.45) is -4.72. The van der Waals surface area contributed by atoms with Crippen molar-refractivity contribution in [2.24, 2.45) is 5.73 Å². The first-order valence-electron chi connectivity index (χ1n) is 3.31. The summed E-state index contributed by atoms with van der Waals surface area (Å²) in [7, 11) is 1.05. The van der Waals surface area contributed by atoms with E-state index in [2.05, 4.69) is 12.2 Å². The highest BCUT2D eigenvalue weighted by atomic mass is 32.1. The monoisotopic (exact) mass is 214 g/mol. The van der Waals surface area contributed by atoms with Gasteiger partial charge in [-0.1, -0.05) is 12.2 Å². The van der Waals surface area contributed by atoms with Gasteiger partial charge in [-0.05, 0) is 0 Å². The number of thiocarbonyl (C=S) groups is 1. The Labute approximate surface area is 78.7 Å². The maximum Gasteiger partial charge on any atom is 0.406 e. The first-order chi connectivity index (χ1) is 5.72. The summed E-state index contributed by atoms with van der Waals surface area (Å²) in [6, 6.07) is 0. The second kappa shape index (κ2) is 4.40. The maximum absolute atomic E-state index is 11.7. The summed E-state index contributed by atoms with van der Waals surface area (Å²) in [5.74, 6) is -0.732. The normalized spacial score (nSPS) is 11.1. The van der Waals surface area contributed by atoms with Gasteiger partial charge in [0, 0.05) is 7.05 Å². The van der Waals surface area contributed by atoms with Crippen LogP contribution in [-0.4, -0.2) is 35.6 Å². The fourth-order valence-electron chi connectivity index (χ4n) is 0.641. The summed E-state index contributed by atoms with van der Waals surface area (Å²) in [5, 5.41) is 0. The van der Waals surface area contributed by atoms with E-state index in [1.807, 2.05) is 0 Å². The van der Waals surface area contributed by atoms with E-state index in [9.17, 15) is 18.0 Å². The highest BCUT2D eigenvalue weighted by Gasteiger charge is 2.31. The van der Waals surface area contributed by atoms with Crippen LogP contribution in [0.2, 0.25) is 0 Å². The standard InChI is InChI=1S/C6H9F3N2OS/c1-11(3-6(7,8)9)5(12)2-4(10)13/h2-3H2,1H3,(H2,10,13). The zero-order valence-electron chi connectivity index (χ0n) is 6.89. The van der Waals surface area contributed by atoms with Crippen molar-refractivity contribution in [3.63, 3.8) is 0 Å². The molecule has 0 heterocycles. The van der Waals surface area contributed by atoms with E-state index in [-0.39, 0.29) is 11.4 Å². The van der Waals surface area contributed by atoms with Gasteiger partial charge in [-0.15, -0.1) is 0 Å². The van der Waals surface area contributed by atoms with Crippen molar-refractivity contribution in [3.8, 4) is 0 Å². The first-order valence-corrected chi connectivity index (χ1v) is 3.72. The maximum atomic E-state index is 11.7. The molecular formula is C6H9F3N2OS. The Morgan fingerprint density at radius 3 is 2.31 bits per heavy atom. The van der Waals surface area contributed by atoms with Crippen LogP contribution < -0.4 is 5.73 Å². The van der Waals surface area contributed by atoms with Crippen LogP contribution in [0.1, 0.15) is 6.42 Å². The van der Waals surface area contributed by atoms with Crippen molar-refractivity contribution < 1.29 is 18.0 Å². The van der Waals surface area contributed by atoms with Crippen LogP contribution in [0.4, 0.5) is 13.2 Å². The van der Waals surface area contributed by atoms with E-state index in [1.54, 1.807) is 0 Å². The molecule has 0 atom stereocenters. The number of carbonyl (C=O) groups excluding carboxylic acids is 1. The molecule has 0 fully saturated rings. The van der Waals surface area contributed by atoms with Crippen molar-refractivity contribution in [2.75, 3.05) is 13.6 Å². The second-order valence-electron chi connectivity index (χ2n) is 2.51. The summed E-state index contributed by atoms with van der Waals surface area (Å²) in [4.78, 5) is 11.3. The molecule has 0 aliphatic carbocycles. The van der Waals surface area contributed by atoms with Crippen LogP contribution in [0.15, 0.2) is 0 Å². The number of nitrogens with two attached hydrogens (primary N) is 1. The van der Waals surface area contributed by atoms with Gasteiger partial charge < -0.3 is 10.6 Å². The predicted octanol–water partition coefficient (Wildman–Crippen LogP) is 0.683. The van der Waals surface area contributed by atoms with Gasteiger partial charge in [-0.2, -0.15) is 13.2 Å². The molecule has 2 N–H and O–H groups in total. The average Bonchev–Trinajstić information content (AvgIpc) is 1.81. The molecule has 3 nitrogen and oxygen atoms in total. The molecule has 0 aromatic carbocycles. The molecule has 0 radical (unpaired) electrons. The fourth-order valence-corrected chi connectivity index (χ4v) is 0.765. The lowest BCUT2D eigenvalue weighted by Gasteiger charge is -2.18. The molecule has 0 saturated heterocycles. The number of amides is 1. The molecule has 0 aromatic heterocycles. The minimum atomic E-state index is -4.39. The Hall–Kier alpha value is -0.850. The van der Waals surface area contributed by atoms with Crippen molar-refractivity contribution in [2.45, 2.75) is 12.6 Å². The molecule has 0 aromatic rings. The van der Waals surface area contributed by atoms with Crippen LogP contribution in [0.5, 0.6) is 0 Å². The number of halogens is 3. The third-order valence-electron chi connectivity index (χ3n) is 1.17. The number of carbonyl (C=O) groups is 1. The van der Waals surface area contributed by atoms with E-state index in [0.29, 0.717) is 4.90 Å². The molecule has 0 spiro atoms. The number of alkyl halides is 3. The number of nitrogens with zero attached hydrogens (tertiary/aromatic N) is 1. The topological polar surface area (TPSA) is 46.3 Å². The molecule has 0 unspecified atom stereocenters. The molecule has 76 valence electrons. The Morgan fingerprint density at radius 1 is 1.54 bits per heavy atom. The van der Waals surface area contributed by atoms with E-state index in [0.717, 1.165) is 7.05 Å². The van der Waals surface area contributed by atoms with Gasteiger partial charge in [-0.3, -0.25) is 4.79 Å². The molecule has 0 aliphatic rings. The lowest BCUT2D eigenvalue weighted by atomic mass is 10.3. The molecule has 13 heavy (non-hydrogen) atoms. The Kier molecular flexibility index (Phi) is 4.12. The Morgan fingerprint density at radius 2 is 2.00 bits per heavy atom. The fraction of sp³-hybridized carbons (Fsp3) is 0.667. The minimum Gasteiger partial charge on any atom is -0.393 e. The number of hydrogen-bond donors (Lipinski definition) is 1. The van der Waals surface area contributed by atoms with Gasteiger partial charge in [-0.25, -0.2) is 0 Å². The van der Waals surface area contributed by atoms with Crippen molar-refractivity contribution in [1.82, 2.24) is 4.90 Å². The molecule has 0 rings (SSSR count). The van der Waals surface area contributed by atoms with Gasteiger partial charge in [0.25, 0.3) is 0 Å².